The SMILES string of the molecule is COc1ccc(CC(=O)NC(c2cc(=O)n3[nH]c(-c4cccnc4)cc3n2)C(C)C)cc1. The highest BCUT2D eigenvalue weighted by Gasteiger charge is 2.22. The Bertz CT molecular complexity index is 1280. The van der Waals surface area contributed by atoms with Gasteiger partial charge in [0.2, 0.25) is 5.91 Å². The maximum atomic E-state index is 12.8. The summed E-state index contributed by atoms with van der Waals surface area (Å²) >= 11 is 0. The molecule has 2 N–H and O–H groups in total. The van der Waals surface area contributed by atoms with Gasteiger partial charge < -0.3 is 10.1 Å². The largest absolute Gasteiger partial charge is 0.497 e. The fourth-order valence-electron chi connectivity index (χ4n) is 3.57. The van der Waals surface area contributed by atoms with E-state index in [1.54, 1.807) is 25.6 Å². The third-order valence-electron chi connectivity index (χ3n) is 5.27. The highest BCUT2D eigenvalue weighted by atomic mass is 16.5. The summed E-state index contributed by atoms with van der Waals surface area (Å²) in [6, 6.07) is 14.0. The molecular formula is C24H25N5O3. The van der Waals surface area contributed by atoms with Gasteiger partial charge in [-0.15, -0.1) is 0 Å². The smallest absolute Gasteiger partial charge is 0.272 e. The Balaban J connectivity index is 1.59. The number of benzene rings is 1. The molecule has 0 bridgehead atoms. The van der Waals surface area contributed by atoms with E-state index in [9.17, 15) is 9.59 Å². The van der Waals surface area contributed by atoms with Gasteiger partial charge in [0.25, 0.3) is 5.56 Å². The normalized spacial score (nSPS) is 12.1. The van der Waals surface area contributed by atoms with Crippen molar-refractivity contribution in [1.82, 2.24) is 24.9 Å². The maximum absolute atomic E-state index is 12.8. The number of hydrogen-bond acceptors (Lipinski definition) is 5. The number of carbonyl (C=O) groups excluding carboxylic acids is 1. The zero-order valence-electron chi connectivity index (χ0n) is 18.2. The van der Waals surface area contributed by atoms with Crippen LogP contribution in [-0.2, 0) is 11.2 Å². The lowest BCUT2D eigenvalue weighted by Crippen LogP contribution is -2.34. The van der Waals surface area contributed by atoms with Crippen molar-refractivity contribution in [1.29, 1.82) is 0 Å². The number of nitrogens with one attached hydrogen (secondary N) is 2. The molecule has 1 unspecified atom stereocenters. The number of hydrogen-bond donors (Lipinski definition) is 2. The quantitative estimate of drug-likeness (QED) is 0.468. The lowest BCUT2D eigenvalue weighted by molar-refractivity contribution is -0.121. The summed E-state index contributed by atoms with van der Waals surface area (Å²) in [5.74, 6) is 0.645. The minimum Gasteiger partial charge on any atom is -0.497 e. The van der Waals surface area contributed by atoms with Crippen LogP contribution < -0.4 is 15.6 Å². The number of amides is 1. The predicted molar refractivity (Wildman–Crippen MR) is 121 cm³/mol. The molecule has 0 aliphatic carbocycles. The van der Waals surface area contributed by atoms with Gasteiger partial charge >= 0.3 is 0 Å². The molecule has 4 aromatic rings. The van der Waals surface area contributed by atoms with Crippen LogP contribution in [0.3, 0.4) is 0 Å². The van der Waals surface area contributed by atoms with E-state index in [-0.39, 0.29) is 23.8 Å². The molecule has 0 spiro atoms. The van der Waals surface area contributed by atoms with Crippen LogP contribution in [0.15, 0.2) is 65.7 Å². The zero-order chi connectivity index (χ0) is 22.7. The Morgan fingerprint density at radius 1 is 1.19 bits per heavy atom. The Kier molecular flexibility index (Phi) is 6.02. The van der Waals surface area contributed by atoms with Crippen molar-refractivity contribution in [2.45, 2.75) is 26.3 Å². The van der Waals surface area contributed by atoms with Crippen molar-refractivity contribution < 1.29 is 9.53 Å². The van der Waals surface area contributed by atoms with Gasteiger partial charge in [0, 0.05) is 30.1 Å². The van der Waals surface area contributed by atoms with Crippen LogP contribution in [0.1, 0.15) is 31.1 Å². The molecule has 3 aromatic heterocycles. The van der Waals surface area contributed by atoms with Crippen molar-refractivity contribution in [2.24, 2.45) is 5.92 Å². The van der Waals surface area contributed by atoms with Crippen LogP contribution in [0.25, 0.3) is 16.9 Å². The number of aromatic amines is 1. The van der Waals surface area contributed by atoms with Gasteiger partial charge in [0.15, 0.2) is 5.65 Å². The number of methoxy groups -OCH3 is 1. The van der Waals surface area contributed by atoms with Gasteiger partial charge in [0.1, 0.15) is 5.75 Å². The lowest BCUT2D eigenvalue weighted by atomic mass is 10.00. The third-order valence-corrected chi connectivity index (χ3v) is 5.27. The summed E-state index contributed by atoms with van der Waals surface area (Å²) in [6.45, 7) is 3.97. The van der Waals surface area contributed by atoms with Gasteiger partial charge in [-0.3, -0.25) is 19.7 Å². The summed E-state index contributed by atoms with van der Waals surface area (Å²) < 4.78 is 6.55. The van der Waals surface area contributed by atoms with E-state index in [1.807, 2.05) is 50.2 Å². The van der Waals surface area contributed by atoms with E-state index >= 15 is 0 Å². The molecule has 0 saturated heterocycles. The Morgan fingerprint density at radius 2 is 1.97 bits per heavy atom. The third kappa shape index (κ3) is 4.54. The van der Waals surface area contributed by atoms with E-state index in [0.29, 0.717) is 11.3 Å². The van der Waals surface area contributed by atoms with Crippen molar-refractivity contribution in [3.8, 4) is 17.0 Å². The number of rotatable bonds is 7. The van der Waals surface area contributed by atoms with Crippen LogP contribution in [0.2, 0.25) is 0 Å². The molecule has 1 atom stereocenters. The van der Waals surface area contributed by atoms with Gasteiger partial charge in [-0.05, 0) is 35.7 Å². The molecule has 0 radical (unpaired) electrons. The average Bonchev–Trinajstić information content (AvgIpc) is 3.23. The number of fused-ring (bicyclic) bond motifs is 1. The van der Waals surface area contributed by atoms with Crippen LogP contribution in [0.4, 0.5) is 0 Å². The fourth-order valence-corrected chi connectivity index (χ4v) is 3.57. The average molecular weight is 431 g/mol. The molecule has 8 nitrogen and oxygen atoms in total. The first-order chi connectivity index (χ1) is 15.4. The first-order valence-corrected chi connectivity index (χ1v) is 10.4. The number of aromatic nitrogens is 4. The highest BCUT2D eigenvalue weighted by molar-refractivity contribution is 5.79. The standard InChI is InChI=1S/C24H25N5O3/c1-15(2)24(27-22(30)11-16-6-8-18(32-3)9-7-16)20-13-23(31)29-21(26-20)12-19(28-29)17-5-4-10-25-14-17/h4-10,12-15,24,28H,11H2,1-3H3,(H,27,30). The van der Waals surface area contributed by atoms with Crippen molar-refractivity contribution in [3.05, 3.63) is 82.5 Å². The Hall–Kier alpha value is -3.94. The van der Waals surface area contributed by atoms with Gasteiger partial charge in [0.05, 0.1) is 31.0 Å². The fraction of sp³-hybridized carbons (Fsp3) is 0.250. The van der Waals surface area contributed by atoms with E-state index in [4.69, 9.17) is 4.74 Å². The van der Waals surface area contributed by atoms with Crippen molar-refractivity contribution in [2.75, 3.05) is 7.11 Å². The Labute approximate surface area is 185 Å². The van der Waals surface area contributed by atoms with E-state index < -0.39 is 6.04 Å². The van der Waals surface area contributed by atoms with Crippen LogP contribution >= 0.6 is 0 Å². The molecule has 1 amide bonds. The molecule has 0 aliphatic rings. The summed E-state index contributed by atoms with van der Waals surface area (Å²) in [4.78, 5) is 34.3. The number of ether oxygens (including phenoxy) is 1. The number of nitrogens with zero attached hydrogens (tertiary/aromatic N) is 3. The minimum absolute atomic E-state index is 0.0425. The summed E-state index contributed by atoms with van der Waals surface area (Å²) in [5, 5.41) is 6.10. The highest BCUT2D eigenvalue weighted by Crippen LogP contribution is 2.22. The molecule has 1 aromatic carbocycles. The lowest BCUT2D eigenvalue weighted by Gasteiger charge is -2.22. The van der Waals surface area contributed by atoms with Crippen molar-refractivity contribution in [3.63, 3.8) is 0 Å². The van der Waals surface area contributed by atoms with Gasteiger partial charge in [-0.25, -0.2) is 9.50 Å². The first-order valence-electron chi connectivity index (χ1n) is 10.4. The number of carbonyl (C=O) groups is 1. The monoisotopic (exact) mass is 431 g/mol. The summed E-state index contributed by atoms with van der Waals surface area (Å²) in [5.41, 5.74) is 3.25. The molecular weight excluding hydrogens is 406 g/mol. The second-order valence-corrected chi connectivity index (χ2v) is 7.94. The second-order valence-electron chi connectivity index (χ2n) is 7.94. The zero-order valence-corrected chi connectivity index (χ0v) is 18.2. The molecule has 0 fully saturated rings. The van der Waals surface area contributed by atoms with Crippen LogP contribution in [0.5, 0.6) is 5.75 Å². The van der Waals surface area contributed by atoms with Crippen LogP contribution in [-0.4, -0.2) is 32.6 Å². The molecule has 8 heteroatoms. The van der Waals surface area contributed by atoms with Crippen LogP contribution in [0, 0.1) is 5.92 Å². The molecule has 3 heterocycles. The molecule has 0 saturated carbocycles. The second kappa shape index (κ2) is 9.05. The molecule has 0 aliphatic heterocycles. The number of pyridine rings is 1. The molecule has 4 rings (SSSR count). The Morgan fingerprint density at radius 3 is 2.62 bits per heavy atom. The summed E-state index contributed by atoms with van der Waals surface area (Å²) in [7, 11) is 1.60. The summed E-state index contributed by atoms with van der Waals surface area (Å²) in [6.07, 6.45) is 3.63. The van der Waals surface area contributed by atoms with Gasteiger partial charge in [-0.1, -0.05) is 26.0 Å². The minimum atomic E-state index is -0.393. The van der Waals surface area contributed by atoms with Crippen molar-refractivity contribution >= 4 is 11.6 Å². The topological polar surface area (TPSA) is 101 Å². The number of H-pyrrole nitrogens is 1. The van der Waals surface area contributed by atoms with E-state index in [0.717, 1.165) is 22.6 Å². The first kappa shape index (κ1) is 21.3. The van der Waals surface area contributed by atoms with E-state index in [2.05, 4.69) is 20.4 Å². The van der Waals surface area contributed by atoms with E-state index in [1.165, 1.54) is 10.6 Å². The molecule has 32 heavy (non-hydrogen) atoms. The van der Waals surface area contributed by atoms with Gasteiger partial charge in [-0.2, -0.15) is 0 Å². The predicted octanol–water partition coefficient (Wildman–Crippen LogP) is 3.15. The molecule has 164 valence electrons. The maximum Gasteiger partial charge on any atom is 0.272 e.